The molecule has 2 heteroatoms. The number of benzene rings is 1. The van der Waals surface area contributed by atoms with Crippen LogP contribution in [0.15, 0.2) is 42.7 Å². The van der Waals surface area contributed by atoms with Gasteiger partial charge in [-0.3, -0.25) is 9.78 Å². The highest BCUT2D eigenvalue weighted by atomic mass is 16.1. The molecule has 0 atom stereocenters. The number of hydrogen-bond acceptors (Lipinski definition) is 2. The smallest absolute Gasteiger partial charge is 0.167 e. The predicted molar refractivity (Wildman–Crippen MR) is 68.2 cm³/mol. The summed E-state index contributed by atoms with van der Waals surface area (Å²) in [6.07, 6.45) is 3.93. The van der Waals surface area contributed by atoms with Crippen molar-refractivity contribution in [2.45, 2.75) is 20.3 Å². The fourth-order valence-electron chi connectivity index (χ4n) is 1.70. The van der Waals surface area contributed by atoms with Crippen molar-refractivity contribution in [1.29, 1.82) is 0 Å². The van der Waals surface area contributed by atoms with Gasteiger partial charge in [0.15, 0.2) is 5.78 Å². The number of carbonyl (C=O) groups is 1. The van der Waals surface area contributed by atoms with Gasteiger partial charge >= 0.3 is 0 Å². The fraction of sp³-hybridized carbons (Fsp3) is 0.200. The maximum absolute atomic E-state index is 12.0. The quantitative estimate of drug-likeness (QED) is 0.751. The lowest BCUT2D eigenvalue weighted by molar-refractivity contribution is 0.0992. The molecule has 0 fully saturated rings. The molecule has 0 aliphatic carbocycles. The van der Waals surface area contributed by atoms with Crippen molar-refractivity contribution in [3.05, 3.63) is 65.0 Å². The minimum absolute atomic E-state index is 0.140. The maximum atomic E-state index is 12.0. The molecule has 86 valence electrons. The summed E-state index contributed by atoms with van der Waals surface area (Å²) in [7, 11) is 0. The topological polar surface area (TPSA) is 30.0 Å². The molecule has 1 aromatic heterocycles. The van der Waals surface area contributed by atoms with Crippen LogP contribution < -0.4 is 0 Å². The number of aryl methyl sites for hydroxylation is 2. The Kier molecular flexibility index (Phi) is 3.33. The molecule has 17 heavy (non-hydrogen) atoms. The van der Waals surface area contributed by atoms with Gasteiger partial charge in [-0.25, -0.2) is 0 Å². The SMILES string of the molecule is Cc1ccc(C(=O)Cc2cnccc2C)cc1. The number of carbonyl (C=O) groups excluding carboxylic acids is 1. The number of ketones is 1. The van der Waals surface area contributed by atoms with Crippen molar-refractivity contribution in [2.75, 3.05) is 0 Å². The van der Waals surface area contributed by atoms with E-state index in [1.54, 1.807) is 12.4 Å². The molecule has 0 unspecified atom stereocenters. The van der Waals surface area contributed by atoms with Crippen molar-refractivity contribution >= 4 is 5.78 Å². The number of pyridine rings is 1. The van der Waals surface area contributed by atoms with Crippen LogP contribution in [0, 0.1) is 13.8 Å². The molecule has 0 N–H and O–H groups in total. The van der Waals surface area contributed by atoms with Crippen molar-refractivity contribution in [1.82, 2.24) is 4.98 Å². The van der Waals surface area contributed by atoms with Gasteiger partial charge in [0, 0.05) is 24.4 Å². The van der Waals surface area contributed by atoms with E-state index >= 15 is 0 Å². The molecule has 0 aliphatic rings. The van der Waals surface area contributed by atoms with Crippen LogP contribution in [0.1, 0.15) is 27.0 Å². The number of nitrogens with zero attached hydrogens (tertiary/aromatic N) is 1. The van der Waals surface area contributed by atoms with E-state index in [4.69, 9.17) is 0 Å². The molecule has 0 saturated heterocycles. The van der Waals surface area contributed by atoms with Gasteiger partial charge in [0.25, 0.3) is 0 Å². The van der Waals surface area contributed by atoms with Crippen LogP contribution >= 0.6 is 0 Å². The van der Waals surface area contributed by atoms with Gasteiger partial charge in [0.05, 0.1) is 0 Å². The van der Waals surface area contributed by atoms with Crippen molar-refractivity contribution in [3.8, 4) is 0 Å². The number of Topliss-reactive ketones (excluding diaryl/α,β-unsaturated/α-hetero) is 1. The van der Waals surface area contributed by atoms with Crippen LogP contribution in [-0.4, -0.2) is 10.8 Å². The van der Waals surface area contributed by atoms with Gasteiger partial charge in [0.1, 0.15) is 0 Å². The van der Waals surface area contributed by atoms with Gasteiger partial charge in [-0.2, -0.15) is 0 Å². The van der Waals surface area contributed by atoms with Gasteiger partial charge in [-0.05, 0) is 31.0 Å². The lowest BCUT2D eigenvalue weighted by Gasteiger charge is -2.04. The molecule has 2 aromatic rings. The zero-order chi connectivity index (χ0) is 12.3. The standard InChI is InChI=1S/C15H15NO/c1-11-3-5-13(6-4-11)15(17)9-14-10-16-8-7-12(14)2/h3-8,10H,9H2,1-2H3. The Bertz CT molecular complexity index is 529. The van der Waals surface area contributed by atoms with Crippen LogP contribution in [0.3, 0.4) is 0 Å². The number of aromatic nitrogens is 1. The first-order valence-electron chi connectivity index (χ1n) is 5.66. The first-order chi connectivity index (χ1) is 8.16. The van der Waals surface area contributed by atoms with Gasteiger partial charge in [0.2, 0.25) is 0 Å². The maximum Gasteiger partial charge on any atom is 0.167 e. The van der Waals surface area contributed by atoms with E-state index in [-0.39, 0.29) is 5.78 Å². The lowest BCUT2D eigenvalue weighted by Crippen LogP contribution is -2.05. The summed E-state index contributed by atoms with van der Waals surface area (Å²) in [4.78, 5) is 16.1. The minimum atomic E-state index is 0.140. The second-order valence-electron chi connectivity index (χ2n) is 4.27. The molecule has 2 rings (SSSR count). The molecule has 0 radical (unpaired) electrons. The van der Waals surface area contributed by atoms with Crippen LogP contribution in [0.2, 0.25) is 0 Å². The number of hydrogen-bond donors (Lipinski definition) is 0. The van der Waals surface area contributed by atoms with Crippen molar-refractivity contribution in [2.24, 2.45) is 0 Å². The fourth-order valence-corrected chi connectivity index (χ4v) is 1.70. The van der Waals surface area contributed by atoms with Crippen LogP contribution in [0.25, 0.3) is 0 Å². The van der Waals surface area contributed by atoms with E-state index in [0.717, 1.165) is 16.7 Å². The Morgan fingerprint density at radius 1 is 1.12 bits per heavy atom. The van der Waals surface area contributed by atoms with E-state index in [0.29, 0.717) is 6.42 Å². The Balaban J connectivity index is 2.17. The summed E-state index contributed by atoms with van der Waals surface area (Å²) < 4.78 is 0. The summed E-state index contributed by atoms with van der Waals surface area (Å²) in [5.41, 5.74) is 4.04. The molecule has 0 bridgehead atoms. The monoisotopic (exact) mass is 225 g/mol. The summed E-state index contributed by atoms with van der Waals surface area (Å²) in [5, 5.41) is 0. The van der Waals surface area contributed by atoms with Crippen LogP contribution in [0.5, 0.6) is 0 Å². The average Bonchev–Trinajstić information content (AvgIpc) is 2.33. The van der Waals surface area contributed by atoms with Crippen LogP contribution in [-0.2, 0) is 6.42 Å². The molecule has 2 nitrogen and oxygen atoms in total. The molecule has 0 saturated carbocycles. The van der Waals surface area contributed by atoms with Gasteiger partial charge in [-0.1, -0.05) is 29.8 Å². The minimum Gasteiger partial charge on any atom is -0.294 e. The zero-order valence-electron chi connectivity index (χ0n) is 10.1. The third-order valence-corrected chi connectivity index (χ3v) is 2.87. The molecule has 0 spiro atoms. The molecule has 1 heterocycles. The van der Waals surface area contributed by atoms with Crippen LogP contribution in [0.4, 0.5) is 0 Å². The number of rotatable bonds is 3. The summed E-state index contributed by atoms with van der Waals surface area (Å²) in [6, 6.07) is 9.61. The Morgan fingerprint density at radius 3 is 2.47 bits per heavy atom. The van der Waals surface area contributed by atoms with E-state index in [9.17, 15) is 4.79 Å². The highest BCUT2D eigenvalue weighted by Crippen LogP contribution is 2.11. The summed E-state index contributed by atoms with van der Waals surface area (Å²) in [6.45, 7) is 4.01. The summed E-state index contributed by atoms with van der Waals surface area (Å²) >= 11 is 0. The van der Waals surface area contributed by atoms with E-state index in [1.165, 1.54) is 5.56 Å². The normalized spacial score (nSPS) is 10.2. The van der Waals surface area contributed by atoms with Crippen molar-refractivity contribution in [3.63, 3.8) is 0 Å². The molecule has 0 aliphatic heterocycles. The zero-order valence-corrected chi connectivity index (χ0v) is 10.1. The van der Waals surface area contributed by atoms with Crippen molar-refractivity contribution < 1.29 is 4.79 Å². The van der Waals surface area contributed by atoms with Gasteiger partial charge < -0.3 is 0 Å². The summed E-state index contributed by atoms with van der Waals surface area (Å²) in [5.74, 6) is 0.140. The first kappa shape index (κ1) is 11.5. The Hall–Kier alpha value is -1.96. The highest BCUT2D eigenvalue weighted by Gasteiger charge is 2.08. The molecule has 0 amide bonds. The third kappa shape index (κ3) is 2.78. The van der Waals surface area contributed by atoms with E-state index in [2.05, 4.69) is 4.98 Å². The third-order valence-electron chi connectivity index (χ3n) is 2.87. The molecular weight excluding hydrogens is 210 g/mol. The first-order valence-corrected chi connectivity index (χ1v) is 5.66. The average molecular weight is 225 g/mol. The highest BCUT2D eigenvalue weighted by molar-refractivity contribution is 5.97. The Morgan fingerprint density at radius 2 is 1.82 bits per heavy atom. The molecular formula is C15H15NO. The second kappa shape index (κ2) is 4.91. The van der Waals surface area contributed by atoms with E-state index < -0.39 is 0 Å². The lowest BCUT2D eigenvalue weighted by atomic mass is 10.0. The second-order valence-corrected chi connectivity index (χ2v) is 4.27. The van der Waals surface area contributed by atoms with Gasteiger partial charge in [-0.15, -0.1) is 0 Å². The Labute approximate surface area is 101 Å². The predicted octanol–water partition coefficient (Wildman–Crippen LogP) is 3.12. The largest absolute Gasteiger partial charge is 0.294 e. The molecule has 1 aromatic carbocycles. The van der Waals surface area contributed by atoms with E-state index in [1.807, 2.05) is 44.2 Å².